The second-order valence-corrected chi connectivity index (χ2v) is 13.1. The lowest BCUT2D eigenvalue weighted by atomic mass is 9.99. The second-order valence-electron chi connectivity index (χ2n) is 13.1. The second kappa shape index (κ2) is 17.8. The fraction of sp³-hybridized carbons (Fsp3) is 0.395. The normalized spacial score (nSPS) is 13.1. The van der Waals surface area contributed by atoms with Crippen molar-refractivity contribution in [3.63, 3.8) is 0 Å². The summed E-state index contributed by atoms with van der Waals surface area (Å²) in [5, 5.41) is 5.57. The van der Waals surface area contributed by atoms with Crippen LogP contribution in [-0.4, -0.2) is 65.5 Å². The number of likely N-dealkylation sites (N-methyl/N-ethyl adjacent to an activating group) is 1. The van der Waals surface area contributed by atoms with Crippen LogP contribution in [0.1, 0.15) is 68.9 Å². The van der Waals surface area contributed by atoms with Gasteiger partial charge in [0.2, 0.25) is 11.8 Å². The minimum Gasteiger partial charge on any atom is -0.444 e. The zero-order valence-corrected chi connectivity index (χ0v) is 28.6. The Morgan fingerprint density at radius 1 is 0.729 bits per heavy atom. The Bertz CT molecular complexity index is 1510. The Morgan fingerprint density at radius 3 is 1.79 bits per heavy atom. The molecule has 0 aliphatic rings. The number of carbonyl (C=O) groups excluding carboxylic acids is 5. The molecule has 48 heavy (non-hydrogen) atoms. The predicted molar refractivity (Wildman–Crippen MR) is 183 cm³/mol. The largest absolute Gasteiger partial charge is 0.444 e. The number of nitrogens with zero attached hydrogens (tertiary/aromatic N) is 1. The Balaban J connectivity index is 1.84. The first-order valence-electron chi connectivity index (χ1n) is 16.2. The summed E-state index contributed by atoms with van der Waals surface area (Å²) in [6.07, 6.45) is 0.389. The van der Waals surface area contributed by atoms with Gasteiger partial charge in [-0.05, 0) is 69.2 Å². The number of carbonyl (C=O) groups is 5. The van der Waals surface area contributed by atoms with E-state index < -0.39 is 53.6 Å². The van der Waals surface area contributed by atoms with Crippen LogP contribution in [0.3, 0.4) is 0 Å². The number of esters is 2. The molecule has 0 saturated carbocycles. The molecule has 3 rings (SSSR count). The molecule has 0 fully saturated rings. The SMILES string of the molecule is CC(C)C[C@@H](NC(=O)[C@H](CCc1ccccc1)N(C)C(=O)OC(C)(C)C)C(=O)N[C@@H](Cc1ccccc1)C(=O)OC(=O)c1ccccc1. The van der Waals surface area contributed by atoms with Crippen LogP contribution >= 0.6 is 0 Å². The van der Waals surface area contributed by atoms with Gasteiger partial charge in [-0.2, -0.15) is 0 Å². The number of benzene rings is 3. The molecule has 0 heterocycles. The Morgan fingerprint density at radius 2 is 1.25 bits per heavy atom. The van der Waals surface area contributed by atoms with Crippen LogP contribution in [0.4, 0.5) is 4.79 Å². The van der Waals surface area contributed by atoms with Crippen LogP contribution in [-0.2, 0) is 36.7 Å². The van der Waals surface area contributed by atoms with E-state index in [4.69, 9.17) is 9.47 Å². The minimum atomic E-state index is -1.22. The quantitative estimate of drug-likeness (QED) is 0.173. The van der Waals surface area contributed by atoms with Crippen molar-refractivity contribution < 1.29 is 33.4 Å². The maximum atomic E-state index is 13.9. The third kappa shape index (κ3) is 12.3. The van der Waals surface area contributed by atoms with Gasteiger partial charge in [0.15, 0.2) is 0 Å². The van der Waals surface area contributed by atoms with Crippen LogP contribution in [0.5, 0.6) is 0 Å². The number of aryl methyl sites for hydroxylation is 1. The zero-order valence-electron chi connectivity index (χ0n) is 28.6. The fourth-order valence-electron chi connectivity index (χ4n) is 4.99. The van der Waals surface area contributed by atoms with Crippen molar-refractivity contribution in [1.82, 2.24) is 15.5 Å². The van der Waals surface area contributed by atoms with E-state index in [2.05, 4.69) is 10.6 Å². The summed E-state index contributed by atoms with van der Waals surface area (Å²) in [7, 11) is 1.50. The van der Waals surface area contributed by atoms with Gasteiger partial charge < -0.3 is 20.1 Å². The molecule has 3 aromatic carbocycles. The summed E-state index contributed by atoms with van der Waals surface area (Å²) < 4.78 is 10.7. The molecule has 0 bridgehead atoms. The summed E-state index contributed by atoms with van der Waals surface area (Å²) in [6.45, 7) is 9.03. The van der Waals surface area contributed by atoms with E-state index >= 15 is 0 Å². The summed E-state index contributed by atoms with van der Waals surface area (Å²) in [6, 6.07) is 23.4. The molecule has 3 amide bonds. The molecule has 256 valence electrons. The van der Waals surface area contributed by atoms with Gasteiger partial charge in [0.1, 0.15) is 23.7 Å². The number of hydrogen-bond acceptors (Lipinski definition) is 7. The number of rotatable bonds is 14. The highest BCUT2D eigenvalue weighted by Gasteiger charge is 2.34. The molecule has 0 spiro atoms. The van der Waals surface area contributed by atoms with Crippen molar-refractivity contribution in [2.75, 3.05) is 7.05 Å². The van der Waals surface area contributed by atoms with Crippen molar-refractivity contribution in [2.24, 2.45) is 5.92 Å². The molecule has 0 radical (unpaired) electrons. The van der Waals surface area contributed by atoms with E-state index in [0.29, 0.717) is 6.42 Å². The molecule has 0 aliphatic heterocycles. The number of amides is 3. The van der Waals surface area contributed by atoms with Gasteiger partial charge in [-0.1, -0.05) is 92.7 Å². The molecule has 10 heteroatoms. The highest BCUT2D eigenvalue weighted by Crippen LogP contribution is 2.16. The lowest BCUT2D eigenvalue weighted by Crippen LogP contribution is -2.57. The Labute approximate surface area is 283 Å². The Hall–Kier alpha value is -4.99. The first kappa shape index (κ1) is 37.5. The molecule has 0 unspecified atom stereocenters. The van der Waals surface area contributed by atoms with E-state index in [9.17, 15) is 24.0 Å². The van der Waals surface area contributed by atoms with Gasteiger partial charge >= 0.3 is 18.0 Å². The van der Waals surface area contributed by atoms with Crippen LogP contribution in [0, 0.1) is 5.92 Å². The lowest BCUT2D eigenvalue weighted by Gasteiger charge is -2.31. The third-order valence-corrected chi connectivity index (χ3v) is 7.43. The van der Waals surface area contributed by atoms with Crippen LogP contribution < -0.4 is 10.6 Å². The third-order valence-electron chi connectivity index (χ3n) is 7.43. The van der Waals surface area contributed by atoms with E-state index in [1.807, 2.05) is 50.2 Å². The molecule has 3 aromatic rings. The zero-order chi connectivity index (χ0) is 35.3. The Kier molecular flexibility index (Phi) is 13.9. The number of nitrogens with one attached hydrogen (secondary N) is 2. The summed E-state index contributed by atoms with van der Waals surface area (Å²) in [5.41, 5.74) is 1.13. The summed E-state index contributed by atoms with van der Waals surface area (Å²) >= 11 is 0. The van der Waals surface area contributed by atoms with Gasteiger partial charge in [0, 0.05) is 13.5 Å². The van der Waals surface area contributed by atoms with Crippen LogP contribution in [0.25, 0.3) is 0 Å². The topological polar surface area (TPSA) is 131 Å². The average Bonchev–Trinajstić information content (AvgIpc) is 3.04. The highest BCUT2D eigenvalue weighted by molar-refractivity contribution is 5.99. The van der Waals surface area contributed by atoms with E-state index in [-0.39, 0.29) is 30.7 Å². The standard InChI is InChI=1S/C38H47N3O7/c1-26(2)24-30(39-34(43)32(23-22-27-16-10-7-11-17-27)41(6)37(46)48-38(3,4)5)33(42)40-31(25-28-18-12-8-13-19-28)36(45)47-35(44)29-20-14-9-15-21-29/h7-21,26,30-32H,22-25H2,1-6H3,(H,39,43)(H,40,42)/t30-,31+,32+/m1/s1. The van der Waals surface area contributed by atoms with E-state index in [1.165, 1.54) is 24.1 Å². The molecule has 10 nitrogen and oxygen atoms in total. The van der Waals surface area contributed by atoms with Gasteiger partial charge in [-0.15, -0.1) is 0 Å². The van der Waals surface area contributed by atoms with Gasteiger partial charge in [-0.25, -0.2) is 14.4 Å². The first-order valence-corrected chi connectivity index (χ1v) is 16.2. The average molecular weight is 658 g/mol. The smallest absolute Gasteiger partial charge is 0.410 e. The number of ether oxygens (including phenoxy) is 2. The fourth-order valence-corrected chi connectivity index (χ4v) is 4.99. The minimum absolute atomic E-state index is 0.0217. The molecular formula is C38H47N3O7. The summed E-state index contributed by atoms with van der Waals surface area (Å²) in [4.78, 5) is 68.1. The van der Waals surface area contributed by atoms with E-state index in [0.717, 1.165) is 11.1 Å². The van der Waals surface area contributed by atoms with Crippen molar-refractivity contribution in [3.05, 3.63) is 108 Å². The van der Waals surface area contributed by atoms with Crippen molar-refractivity contribution >= 4 is 29.8 Å². The maximum Gasteiger partial charge on any atom is 0.410 e. The molecule has 3 atom stereocenters. The molecule has 2 N–H and O–H groups in total. The number of hydrogen-bond donors (Lipinski definition) is 2. The summed E-state index contributed by atoms with van der Waals surface area (Å²) in [5.74, 6) is -2.95. The van der Waals surface area contributed by atoms with Crippen molar-refractivity contribution in [3.8, 4) is 0 Å². The first-order chi connectivity index (χ1) is 22.7. The van der Waals surface area contributed by atoms with Gasteiger partial charge in [0.05, 0.1) is 5.56 Å². The van der Waals surface area contributed by atoms with Crippen molar-refractivity contribution in [1.29, 1.82) is 0 Å². The van der Waals surface area contributed by atoms with E-state index in [1.54, 1.807) is 63.2 Å². The predicted octanol–water partition coefficient (Wildman–Crippen LogP) is 5.50. The monoisotopic (exact) mass is 657 g/mol. The molecule has 0 aliphatic carbocycles. The van der Waals surface area contributed by atoms with Gasteiger partial charge in [0.25, 0.3) is 0 Å². The molecule has 0 aromatic heterocycles. The molecule has 0 saturated heterocycles. The molecular weight excluding hydrogens is 610 g/mol. The lowest BCUT2D eigenvalue weighted by molar-refractivity contribution is -0.143. The van der Waals surface area contributed by atoms with Crippen LogP contribution in [0.2, 0.25) is 0 Å². The van der Waals surface area contributed by atoms with Crippen LogP contribution in [0.15, 0.2) is 91.0 Å². The van der Waals surface area contributed by atoms with Crippen molar-refractivity contribution in [2.45, 2.75) is 84.0 Å². The van der Waals surface area contributed by atoms with Gasteiger partial charge in [-0.3, -0.25) is 14.5 Å². The maximum absolute atomic E-state index is 13.9. The highest BCUT2D eigenvalue weighted by atomic mass is 16.6.